The van der Waals surface area contributed by atoms with Gasteiger partial charge in [0, 0.05) is 29.2 Å². The van der Waals surface area contributed by atoms with Crippen molar-refractivity contribution in [3.63, 3.8) is 0 Å². The molecule has 0 aliphatic heterocycles. The van der Waals surface area contributed by atoms with E-state index in [1.807, 2.05) is 0 Å². The molecule has 0 fully saturated rings. The molecule has 0 atom stereocenters. The van der Waals surface area contributed by atoms with Crippen LogP contribution in [0.4, 0.5) is 24.7 Å². The Bertz CT molecular complexity index is 1460. The van der Waals surface area contributed by atoms with E-state index in [2.05, 4.69) is 36.5 Å². The summed E-state index contributed by atoms with van der Waals surface area (Å²) in [6.07, 6.45) is -3.32. The Hall–Kier alpha value is -3.19. The van der Waals surface area contributed by atoms with Crippen LogP contribution in [0, 0.1) is 0 Å². The number of nitrogens with zero attached hydrogens (tertiary/aromatic N) is 2. The summed E-state index contributed by atoms with van der Waals surface area (Å²) < 4.78 is 45.6. The number of amides is 2. The number of hydrogen-bond donors (Lipinski definition) is 3. The minimum atomic E-state index is -4.95. The average Bonchev–Trinajstić information content (AvgIpc) is 2.88. The first kappa shape index (κ1) is 30.4. The summed E-state index contributed by atoms with van der Waals surface area (Å²) in [5.41, 5.74) is 2.61. The van der Waals surface area contributed by atoms with Crippen molar-refractivity contribution < 1.29 is 27.5 Å². The van der Waals surface area contributed by atoms with E-state index in [-0.39, 0.29) is 40.3 Å². The second kappa shape index (κ2) is 13.2. The van der Waals surface area contributed by atoms with Crippen LogP contribution in [-0.2, 0) is 9.53 Å². The van der Waals surface area contributed by atoms with E-state index in [1.54, 1.807) is 25.1 Å². The number of fused-ring (bicyclic) bond motifs is 1. The zero-order valence-electron chi connectivity index (χ0n) is 20.2. The van der Waals surface area contributed by atoms with Gasteiger partial charge in [0.25, 0.3) is 11.8 Å². The lowest BCUT2D eigenvalue weighted by Gasteiger charge is -2.16. The number of nitrogens with one attached hydrogen (secondary N) is 2. The van der Waals surface area contributed by atoms with Crippen molar-refractivity contribution in [2.45, 2.75) is 13.1 Å². The van der Waals surface area contributed by atoms with Gasteiger partial charge in [-0.2, -0.15) is 13.2 Å². The molecule has 2 aromatic carbocycles. The van der Waals surface area contributed by atoms with Gasteiger partial charge in [-0.1, -0.05) is 45.2 Å². The van der Waals surface area contributed by atoms with Gasteiger partial charge in [-0.3, -0.25) is 9.59 Å². The Morgan fingerprint density at radius 1 is 1.23 bits per heavy atom. The van der Waals surface area contributed by atoms with Gasteiger partial charge < -0.3 is 21.1 Å². The molecule has 2 amide bonds. The summed E-state index contributed by atoms with van der Waals surface area (Å²) in [4.78, 5) is 34.2. The van der Waals surface area contributed by atoms with E-state index in [0.29, 0.717) is 27.9 Å². The number of ether oxygens (including phenoxy) is 1. The van der Waals surface area contributed by atoms with Crippen LogP contribution in [0.15, 0.2) is 63.8 Å². The lowest BCUT2D eigenvalue weighted by Crippen LogP contribution is -2.30. The van der Waals surface area contributed by atoms with Crippen molar-refractivity contribution in [2.24, 2.45) is 10.7 Å². The first-order chi connectivity index (χ1) is 18.4. The molecule has 3 rings (SSSR count). The van der Waals surface area contributed by atoms with Gasteiger partial charge in [-0.15, -0.1) is 0 Å². The number of aromatic nitrogens is 1. The Kier molecular flexibility index (Phi) is 10.3. The maximum absolute atomic E-state index is 13.3. The highest BCUT2D eigenvalue weighted by Gasteiger charge is 2.33. The molecule has 1 heterocycles. The summed E-state index contributed by atoms with van der Waals surface area (Å²) in [5.74, 6) is -1.98. The molecule has 0 spiro atoms. The zero-order valence-corrected chi connectivity index (χ0v) is 23.3. The van der Waals surface area contributed by atoms with E-state index in [1.165, 1.54) is 24.4 Å². The molecule has 0 radical (unpaired) electrons. The number of rotatable bonds is 9. The molecule has 0 unspecified atom stereocenters. The SMILES string of the molecule is CCOCCNC(=O)c1cc2cc(Br)ccc2c(Cl)c1NC(=O)C(C=C(N)C(F)(F)F)=Nc1ncccc1Cl. The molecule has 206 valence electrons. The van der Waals surface area contributed by atoms with Gasteiger partial charge in [0.1, 0.15) is 11.4 Å². The van der Waals surface area contributed by atoms with Crippen molar-refractivity contribution in [1.29, 1.82) is 0 Å². The second-order valence-corrected chi connectivity index (χ2v) is 9.49. The van der Waals surface area contributed by atoms with Gasteiger partial charge in [0.15, 0.2) is 5.82 Å². The molecule has 3 aromatic rings. The Labute approximate surface area is 239 Å². The first-order valence-electron chi connectivity index (χ1n) is 11.2. The van der Waals surface area contributed by atoms with Crippen LogP contribution in [0.2, 0.25) is 10.0 Å². The standard InChI is InChI=1S/C25H21BrCl2F3N5O3/c1-2-39-9-8-34-23(37)16-11-13-10-14(26)5-6-15(13)20(28)21(16)36-24(38)18(12-19(32)25(29,30)31)35-22-17(27)4-3-7-33-22/h3-7,10-12H,2,8-9,32H2,1H3,(H,34,37)(H,36,38). The third-order valence-electron chi connectivity index (χ3n) is 5.08. The van der Waals surface area contributed by atoms with Crippen LogP contribution < -0.4 is 16.4 Å². The minimum Gasteiger partial charge on any atom is -0.395 e. The van der Waals surface area contributed by atoms with Gasteiger partial charge in [0.05, 0.1) is 27.9 Å². The summed E-state index contributed by atoms with van der Waals surface area (Å²) in [6, 6.07) is 9.42. The largest absolute Gasteiger partial charge is 0.430 e. The molecule has 8 nitrogen and oxygen atoms in total. The van der Waals surface area contributed by atoms with Gasteiger partial charge in [0.2, 0.25) is 0 Å². The molecule has 0 saturated carbocycles. The number of anilines is 1. The fourth-order valence-corrected chi connectivity index (χ4v) is 4.10. The zero-order chi connectivity index (χ0) is 28.7. The highest BCUT2D eigenvalue weighted by Crippen LogP contribution is 2.36. The number of allylic oxidation sites excluding steroid dienone is 1. The molecular formula is C25H21BrCl2F3N5O3. The third kappa shape index (κ3) is 7.91. The fourth-order valence-electron chi connectivity index (χ4n) is 3.24. The summed E-state index contributed by atoms with van der Waals surface area (Å²) in [6.45, 7) is 2.64. The number of halogens is 6. The van der Waals surface area contributed by atoms with Crippen LogP contribution in [0.3, 0.4) is 0 Å². The molecule has 39 heavy (non-hydrogen) atoms. The average molecular weight is 647 g/mol. The van der Waals surface area contributed by atoms with E-state index < -0.39 is 29.4 Å². The topological polar surface area (TPSA) is 119 Å². The maximum atomic E-state index is 13.3. The summed E-state index contributed by atoms with van der Waals surface area (Å²) >= 11 is 16.0. The van der Waals surface area contributed by atoms with Crippen LogP contribution in [0.1, 0.15) is 17.3 Å². The number of benzene rings is 2. The molecule has 0 aliphatic rings. The molecule has 4 N–H and O–H groups in total. The van der Waals surface area contributed by atoms with Crippen LogP contribution in [-0.4, -0.2) is 48.4 Å². The monoisotopic (exact) mass is 645 g/mol. The molecule has 0 saturated heterocycles. The molecule has 0 aliphatic carbocycles. The number of carbonyl (C=O) groups is 2. The molecule has 0 bridgehead atoms. The van der Waals surface area contributed by atoms with E-state index in [4.69, 9.17) is 33.7 Å². The van der Waals surface area contributed by atoms with E-state index in [0.717, 1.165) is 0 Å². The predicted molar refractivity (Wildman–Crippen MR) is 149 cm³/mol. The number of carbonyl (C=O) groups excluding carboxylic acids is 2. The number of hydrogen-bond acceptors (Lipinski definition) is 6. The van der Waals surface area contributed by atoms with E-state index in [9.17, 15) is 22.8 Å². The second-order valence-electron chi connectivity index (χ2n) is 7.79. The predicted octanol–water partition coefficient (Wildman–Crippen LogP) is 6.19. The Morgan fingerprint density at radius 2 is 1.97 bits per heavy atom. The minimum absolute atomic E-state index is 0.0219. The van der Waals surface area contributed by atoms with Gasteiger partial charge >= 0.3 is 6.18 Å². The molecule has 1 aromatic heterocycles. The van der Waals surface area contributed by atoms with Crippen LogP contribution >= 0.6 is 39.1 Å². The summed E-state index contributed by atoms with van der Waals surface area (Å²) in [5, 5.41) is 6.07. The van der Waals surface area contributed by atoms with Crippen molar-refractivity contribution in [1.82, 2.24) is 10.3 Å². The summed E-state index contributed by atoms with van der Waals surface area (Å²) in [7, 11) is 0. The number of pyridine rings is 1. The highest BCUT2D eigenvalue weighted by molar-refractivity contribution is 9.10. The van der Waals surface area contributed by atoms with Crippen molar-refractivity contribution >= 4 is 78.9 Å². The van der Waals surface area contributed by atoms with Crippen LogP contribution in [0.25, 0.3) is 10.8 Å². The highest BCUT2D eigenvalue weighted by atomic mass is 79.9. The quantitative estimate of drug-likeness (QED) is 0.189. The van der Waals surface area contributed by atoms with Gasteiger partial charge in [-0.25, -0.2) is 9.98 Å². The van der Waals surface area contributed by atoms with Gasteiger partial charge in [-0.05, 0) is 48.7 Å². The number of aliphatic imine (C=N–C) groups is 1. The maximum Gasteiger partial charge on any atom is 0.430 e. The van der Waals surface area contributed by atoms with Crippen LogP contribution in [0.5, 0.6) is 0 Å². The molecule has 14 heteroatoms. The normalized spacial score (nSPS) is 12.5. The Morgan fingerprint density at radius 3 is 2.64 bits per heavy atom. The van der Waals surface area contributed by atoms with Crippen molar-refractivity contribution in [3.8, 4) is 0 Å². The fraction of sp³-hybridized carbons (Fsp3) is 0.200. The number of nitrogens with two attached hydrogens (primary N) is 1. The smallest absolute Gasteiger partial charge is 0.395 e. The van der Waals surface area contributed by atoms with E-state index >= 15 is 0 Å². The Balaban J connectivity index is 2.12. The third-order valence-corrected chi connectivity index (χ3v) is 6.26. The lowest BCUT2D eigenvalue weighted by atomic mass is 10.0. The number of alkyl halides is 3. The van der Waals surface area contributed by atoms with Crippen molar-refractivity contribution in [2.75, 3.05) is 25.1 Å². The first-order valence-corrected chi connectivity index (χ1v) is 12.8. The molecular weight excluding hydrogens is 626 g/mol. The van der Waals surface area contributed by atoms with Crippen molar-refractivity contribution in [3.05, 3.63) is 74.4 Å². The lowest BCUT2D eigenvalue weighted by molar-refractivity contribution is -0.110.